The highest BCUT2D eigenvalue weighted by molar-refractivity contribution is 7.91. The maximum Gasteiger partial charge on any atom is 0.252 e. The van der Waals surface area contributed by atoms with Crippen LogP contribution in [-0.4, -0.2) is 25.8 Å². The van der Waals surface area contributed by atoms with E-state index in [2.05, 4.69) is 13.8 Å². The minimum atomic E-state index is -3.37. The molecule has 1 aromatic heterocycles. The highest BCUT2D eigenvalue weighted by Crippen LogP contribution is 2.28. The van der Waals surface area contributed by atoms with E-state index in [9.17, 15) is 8.42 Å². The van der Waals surface area contributed by atoms with Gasteiger partial charge in [-0.05, 0) is 25.0 Å². The first-order valence-electron chi connectivity index (χ1n) is 7.27. The van der Waals surface area contributed by atoms with E-state index in [1.807, 2.05) is 0 Å². The van der Waals surface area contributed by atoms with Crippen molar-refractivity contribution in [3.05, 3.63) is 16.5 Å². The summed E-state index contributed by atoms with van der Waals surface area (Å²) in [7, 11) is -3.37. The molecule has 0 aromatic carbocycles. The van der Waals surface area contributed by atoms with Gasteiger partial charge in [-0.15, -0.1) is 11.3 Å². The fourth-order valence-electron chi connectivity index (χ4n) is 1.99. The van der Waals surface area contributed by atoms with Crippen molar-refractivity contribution in [3.63, 3.8) is 0 Å². The van der Waals surface area contributed by atoms with Gasteiger partial charge >= 0.3 is 0 Å². The second kappa shape index (κ2) is 9.03. The molecule has 0 aliphatic rings. The second-order valence-electron chi connectivity index (χ2n) is 4.88. The molecule has 1 aromatic rings. The highest BCUT2D eigenvalue weighted by atomic mass is 35.5. The van der Waals surface area contributed by atoms with E-state index in [1.54, 1.807) is 16.4 Å². The Labute approximate surface area is 132 Å². The van der Waals surface area contributed by atoms with E-state index < -0.39 is 10.0 Å². The first-order valence-corrected chi connectivity index (χ1v) is 9.91. The molecule has 20 heavy (non-hydrogen) atoms. The van der Waals surface area contributed by atoms with Gasteiger partial charge in [0.05, 0.1) is 4.34 Å². The normalized spacial score (nSPS) is 12.2. The summed E-state index contributed by atoms with van der Waals surface area (Å²) in [6.45, 7) is 5.45. The zero-order valence-corrected chi connectivity index (χ0v) is 14.7. The summed E-state index contributed by atoms with van der Waals surface area (Å²) < 4.78 is 27.7. The van der Waals surface area contributed by atoms with Crippen LogP contribution in [0, 0.1) is 0 Å². The molecule has 0 aliphatic heterocycles. The number of rotatable bonds is 10. The van der Waals surface area contributed by atoms with E-state index in [0.29, 0.717) is 21.6 Å². The van der Waals surface area contributed by atoms with Gasteiger partial charge in [0, 0.05) is 13.1 Å². The summed E-state index contributed by atoms with van der Waals surface area (Å²) in [6, 6.07) is 3.25. The number of hydrogen-bond donors (Lipinski definition) is 0. The molecular weight excluding hydrogens is 314 g/mol. The summed E-state index contributed by atoms with van der Waals surface area (Å²) in [5.74, 6) is 0. The molecule has 0 atom stereocenters. The van der Waals surface area contributed by atoms with Gasteiger partial charge in [0.15, 0.2) is 0 Å². The molecule has 116 valence electrons. The summed E-state index contributed by atoms with van der Waals surface area (Å²) in [4.78, 5) is 0. The van der Waals surface area contributed by atoms with Crippen molar-refractivity contribution in [2.45, 2.75) is 56.6 Å². The molecule has 0 aliphatic carbocycles. The third kappa shape index (κ3) is 5.35. The van der Waals surface area contributed by atoms with Gasteiger partial charge in [-0.25, -0.2) is 8.42 Å². The second-order valence-corrected chi connectivity index (χ2v) is 8.76. The van der Waals surface area contributed by atoms with Crippen molar-refractivity contribution < 1.29 is 8.42 Å². The summed E-state index contributed by atoms with van der Waals surface area (Å²) in [5.41, 5.74) is 0. The predicted octanol–water partition coefficient (Wildman–Crippen LogP) is 4.77. The molecule has 0 N–H and O–H groups in total. The van der Waals surface area contributed by atoms with Gasteiger partial charge in [-0.1, -0.05) is 51.1 Å². The maximum absolute atomic E-state index is 12.6. The Kier molecular flexibility index (Phi) is 8.10. The van der Waals surface area contributed by atoms with Crippen LogP contribution in [0.1, 0.15) is 52.4 Å². The molecule has 1 rings (SSSR count). The fourth-order valence-corrected chi connectivity index (χ4v) is 5.15. The van der Waals surface area contributed by atoms with Crippen LogP contribution in [0.5, 0.6) is 0 Å². The van der Waals surface area contributed by atoms with E-state index in [1.165, 1.54) is 0 Å². The zero-order valence-electron chi connectivity index (χ0n) is 12.3. The molecule has 0 saturated heterocycles. The SMILES string of the molecule is CCCCCN(CCCCC)S(=O)(=O)c1ccc(Cl)s1. The van der Waals surface area contributed by atoms with Crippen molar-refractivity contribution in [2.75, 3.05) is 13.1 Å². The summed E-state index contributed by atoms with van der Waals surface area (Å²) in [5, 5.41) is 0. The molecule has 0 fully saturated rings. The van der Waals surface area contributed by atoms with Crippen LogP contribution in [0.2, 0.25) is 4.34 Å². The van der Waals surface area contributed by atoms with Gasteiger partial charge in [0.25, 0.3) is 10.0 Å². The summed E-state index contributed by atoms with van der Waals surface area (Å²) in [6.07, 6.45) is 6.14. The lowest BCUT2D eigenvalue weighted by Gasteiger charge is -2.21. The van der Waals surface area contributed by atoms with E-state index in [0.717, 1.165) is 49.9 Å². The Hall–Kier alpha value is -0.100. The number of unbranched alkanes of at least 4 members (excludes halogenated alkanes) is 4. The Balaban J connectivity index is 2.78. The minimum absolute atomic E-state index is 0.357. The molecule has 0 unspecified atom stereocenters. The fraction of sp³-hybridized carbons (Fsp3) is 0.714. The van der Waals surface area contributed by atoms with Crippen LogP contribution in [-0.2, 0) is 10.0 Å². The van der Waals surface area contributed by atoms with Gasteiger partial charge in [0.2, 0.25) is 0 Å². The highest BCUT2D eigenvalue weighted by Gasteiger charge is 2.25. The third-order valence-corrected chi connectivity index (χ3v) is 6.76. The first-order chi connectivity index (χ1) is 9.52. The largest absolute Gasteiger partial charge is 0.252 e. The van der Waals surface area contributed by atoms with Crippen molar-refractivity contribution in [1.82, 2.24) is 4.31 Å². The monoisotopic (exact) mass is 337 g/mol. The standard InChI is InChI=1S/C14H24ClNO2S2/c1-3-5-7-11-16(12-8-6-4-2)20(17,18)14-10-9-13(15)19-14/h9-10H,3-8,11-12H2,1-2H3. The van der Waals surface area contributed by atoms with Gasteiger partial charge in [0.1, 0.15) is 4.21 Å². The Bertz CT molecular complexity index is 475. The number of thiophene rings is 1. The van der Waals surface area contributed by atoms with E-state index >= 15 is 0 Å². The van der Waals surface area contributed by atoms with Crippen LogP contribution in [0.25, 0.3) is 0 Å². The molecule has 3 nitrogen and oxygen atoms in total. The van der Waals surface area contributed by atoms with Crippen molar-refractivity contribution in [3.8, 4) is 0 Å². The molecule has 6 heteroatoms. The molecule has 0 saturated carbocycles. The third-order valence-electron chi connectivity index (χ3n) is 3.16. The van der Waals surface area contributed by atoms with Gasteiger partial charge in [-0.3, -0.25) is 0 Å². The van der Waals surface area contributed by atoms with Crippen LogP contribution in [0.15, 0.2) is 16.3 Å². The Morgan fingerprint density at radius 3 is 2.00 bits per heavy atom. The summed E-state index contributed by atoms with van der Waals surface area (Å²) >= 11 is 7.00. The predicted molar refractivity (Wildman–Crippen MR) is 87.1 cm³/mol. The lowest BCUT2D eigenvalue weighted by atomic mass is 10.2. The quantitative estimate of drug-likeness (QED) is 0.576. The Morgan fingerprint density at radius 2 is 1.60 bits per heavy atom. The molecule has 0 spiro atoms. The molecule has 0 bridgehead atoms. The minimum Gasteiger partial charge on any atom is -0.206 e. The van der Waals surface area contributed by atoms with Crippen LogP contribution in [0.3, 0.4) is 0 Å². The molecule has 1 heterocycles. The maximum atomic E-state index is 12.6. The van der Waals surface area contributed by atoms with Crippen molar-refractivity contribution in [2.24, 2.45) is 0 Å². The lowest BCUT2D eigenvalue weighted by Crippen LogP contribution is -2.32. The molecular formula is C14H24ClNO2S2. The Morgan fingerprint density at radius 1 is 1.05 bits per heavy atom. The number of sulfonamides is 1. The van der Waals surface area contributed by atoms with Crippen LogP contribution < -0.4 is 0 Å². The number of halogens is 1. The number of hydrogen-bond acceptors (Lipinski definition) is 3. The van der Waals surface area contributed by atoms with Crippen molar-refractivity contribution >= 4 is 33.0 Å². The van der Waals surface area contributed by atoms with E-state index in [4.69, 9.17) is 11.6 Å². The van der Waals surface area contributed by atoms with E-state index in [-0.39, 0.29) is 0 Å². The zero-order chi connectivity index (χ0) is 15.0. The smallest absolute Gasteiger partial charge is 0.206 e. The first kappa shape index (κ1) is 18.0. The van der Waals surface area contributed by atoms with Gasteiger partial charge < -0.3 is 0 Å². The molecule has 0 radical (unpaired) electrons. The van der Waals surface area contributed by atoms with Gasteiger partial charge in [-0.2, -0.15) is 4.31 Å². The average Bonchev–Trinajstić information content (AvgIpc) is 2.84. The van der Waals surface area contributed by atoms with Crippen LogP contribution in [0.4, 0.5) is 0 Å². The topological polar surface area (TPSA) is 37.4 Å². The van der Waals surface area contributed by atoms with Crippen molar-refractivity contribution in [1.29, 1.82) is 0 Å². The van der Waals surface area contributed by atoms with Crippen LogP contribution >= 0.6 is 22.9 Å². The average molecular weight is 338 g/mol. The number of nitrogens with zero attached hydrogens (tertiary/aromatic N) is 1. The lowest BCUT2D eigenvalue weighted by molar-refractivity contribution is 0.389. The molecule has 0 amide bonds.